The molecule has 0 aliphatic rings. The van der Waals surface area contributed by atoms with Crippen molar-refractivity contribution in [1.82, 2.24) is 0 Å². The summed E-state index contributed by atoms with van der Waals surface area (Å²) in [6, 6.07) is 0.0812. The van der Waals surface area contributed by atoms with Crippen molar-refractivity contribution >= 4 is 20.2 Å². The molecule has 0 aromatic carbocycles. The Morgan fingerprint density at radius 2 is 1.17 bits per heavy atom. The van der Waals surface area contributed by atoms with E-state index in [0.29, 0.717) is 0 Å². The predicted octanol–water partition coefficient (Wildman–Crippen LogP) is 1.91. The molecule has 0 saturated heterocycles. The molecule has 0 saturated carbocycles. The first-order chi connectivity index (χ1) is 7.14. The van der Waals surface area contributed by atoms with Crippen LogP contribution in [0, 0.1) is 0 Å². The maximum atomic E-state index is 5.59. The first-order valence-corrected chi connectivity index (χ1v) is 7.14. The largest absolute Gasteiger partial charge is 1.00 e. The fourth-order valence-electron chi connectivity index (χ4n) is 0.558. The van der Waals surface area contributed by atoms with Crippen molar-refractivity contribution in [1.29, 1.82) is 0 Å². The molecule has 0 aliphatic heterocycles. The summed E-state index contributed by atoms with van der Waals surface area (Å²) in [5, 5.41) is 0. The van der Waals surface area contributed by atoms with Gasteiger partial charge in [-0.05, 0) is 41.5 Å². The van der Waals surface area contributed by atoms with Gasteiger partial charge in [0.1, 0.15) is 6.07 Å². The van der Waals surface area contributed by atoms with E-state index >= 15 is 0 Å². The Balaban J connectivity index is -0.000000232. The molecule has 108 valence electrons. The third kappa shape index (κ3) is 23.3. The average molecular weight is 329 g/mol. The van der Waals surface area contributed by atoms with E-state index in [0.717, 1.165) is 0 Å². The van der Waals surface area contributed by atoms with Gasteiger partial charge in [0.25, 0.3) is 0 Å². The van der Waals surface area contributed by atoms with Gasteiger partial charge in [-0.1, -0.05) is 25.4 Å². The summed E-state index contributed by atoms with van der Waals surface area (Å²) in [6.45, 7) is 15.7. The van der Waals surface area contributed by atoms with Crippen molar-refractivity contribution in [3.8, 4) is 0 Å². The summed E-state index contributed by atoms with van der Waals surface area (Å²) in [7, 11) is -1.37. The number of hydrogen-bond donors (Lipinski definition) is 0. The second-order valence-electron chi connectivity index (χ2n) is 4.87. The van der Waals surface area contributed by atoms with Crippen LogP contribution in [0.1, 0.15) is 55.4 Å². The van der Waals surface area contributed by atoms with Crippen molar-refractivity contribution in [2.75, 3.05) is 6.07 Å². The normalized spacial score (nSPS) is 11.0. The van der Waals surface area contributed by atoms with Crippen LogP contribution in [0.5, 0.6) is 0 Å². The minimum Gasteiger partial charge on any atom is -0.870 e. The molecule has 0 heterocycles. The Bertz CT molecular complexity index is 155. The smallest absolute Gasteiger partial charge is 0.870 e. The molecule has 0 fully saturated rings. The molecule has 0 radical (unpaired) electrons. The maximum Gasteiger partial charge on any atom is 1.00 e. The van der Waals surface area contributed by atoms with Crippen LogP contribution < -0.4 is 51.4 Å². The molecule has 0 aliphatic carbocycles. The van der Waals surface area contributed by atoms with Gasteiger partial charge in [0.15, 0.2) is 0 Å². The third-order valence-electron chi connectivity index (χ3n) is 0.851. The summed E-state index contributed by atoms with van der Waals surface area (Å²) in [5.74, 6) is 0. The molecule has 7 heteroatoms. The van der Waals surface area contributed by atoms with Crippen molar-refractivity contribution in [2.24, 2.45) is 0 Å². The topological polar surface area (TPSA) is 57.7 Å². The second kappa shape index (κ2) is 14.1. The molecule has 0 rings (SSSR count). The van der Waals surface area contributed by atoms with E-state index in [4.69, 9.17) is 25.2 Å². The average Bonchev–Trinajstić information content (AvgIpc) is 2.01. The molecular weight excluding hydrogens is 302 g/mol. The minimum atomic E-state index is -1.37. The van der Waals surface area contributed by atoms with Gasteiger partial charge in [-0.2, -0.15) is 0 Å². The van der Waals surface area contributed by atoms with E-state index in [1.165, 1.54) is 0 Å². The van der Waals surface area contributed by atoms with E-state index in [2.05, 4.69) is 0 Å². The van der Waals surface area contributed by atoms with Crippen molar-refractivity contribution in [2.45, 2.75) is 66.6 Å². The number of hydrogen-bond acceptors (Lipinski definition) is 4. The summed E-state index contributed by atoms with van der Waals surface area (Å²) < 4.78 is 16.4. The zero-order chi connectivity index (χ0) is 13.4. The molecule has 4 nitrogen and oxygen atoms in total. The summed E-state index contributed by atoms with van der Waals surface area (Å²) in [6.07, 6.45) is 0. The maximum absolute atomic E-state index is 5.59. The Hall–Kier alpha value is 2.20. The van der Waals surface area contributed by atoms with Gasteiger partial charge in [0.05, 0.1) is 11.2 Å². The minimum absolute atomic E-state index is 0. The van der Waals surface area contributed by atoms with E-state index in [1.54, 1.807) is 0 Å². The van der Waals surface area contributed by atoms with Gasteiger partial charge in [-0.15, -0.1) is 0 Å². The van der Waals surface area contributed by atoms with Crippen molar-refractivity contribution in [3.05, 3.63) is 0 Å². The Morgan fingerprint density at radius 3 is 1.33 bits per heavy atom. The van der Waals surface area contributed by atoms with E-state index in [9.17, 15) is 0 Å². The van der Waals surface area contributed by atoms with Gasteiger partial charge in [-0.3, -0.25) is 4.52 Å². The first-order valence-electron chi connectivity index (χ1n) is 5.51. The Morgan fingerprint density at radius 1 is 0.889 bits per heavy atom. The predicted molar refractivity (Wildman–Crippen MR) is 73.7 cm³/mol. The van der Waals surface area contributed by atoms with E-state index < -0.39 is 8.60 Å². The molecule has 0 bridgehead atoms. The number of alkyl halides is 1. The molecule has 0 amide bonds. The molecule has 0 aromatic heterocycles. The standard InChI is InChI=1S/C9H20ClO3P.C2H6.K.H2O/c1-8(2,3)12-14(11-7-10)13-9(4,5)6;1-2;;/h7H2,1-6H3;1-2H3;;1H2/q;;+1;/p-1. The zero-order valence-corrected chi connectivity index (χ0v) is 18.0. The quantitative estimate of drug-likeness (QED) is 0.449. The summed E-state index contributed by atoms with van der Waals surface area (Å²) >= 11 is 5.49. The number of rotatable bonds is 4. The summed E-state index contributed by atoms with van der Waals surface area (Å²) in [4.78, 5) is 0. The van der Waals surface area contributed by atoms with E-state index in [-0.39, 0.29) is 74.1 Å². The fourth-order valence-corrected chi connectivity index (χ4v) is 1.91. The monoisotopic (exact) mass is 328 g/mol. The van der Waals surface area contributed by atoms with Crippen LogP contribution in [0.2, 0.25) is 0 Å². The Labute approximate surface area is 161 Å². The van der Waals surface area contributed by atoms with Crippen molar-refractivity contribution in [3.63, 3.8) is 0 Å². The van der Waals surface area contributed by atoms with Gasteiger partial charge in [0, 0.05) is 0 Å². The first kappa shape index (κ1) is 28.4. The summed E-state index contributed by atoms with van der Waals surface area (Å²) in [5.41, 5.74) is -0.577. The molecular formula is C11H27ClKO4P. The number of halogens is 1. The fraction of sp³-hybridized carbons (Fsp3) is 1.00. The van der Waals surface area contributed by atoms with Gasteiger partial charge in [0.2, 0.25) is 0 Å². The van der Waals surface area contributed by atoms with Gasteiger partial charge >= 0.3 is 60.0 Å². The molecule has 0 atom stereocenters. The second-order valence-corrected chi connectivity index (χ2v) is 6.16. The van der Waals surface area contributed by atoms with Gasteiger partial charge < -0.3 is 14.5 Å². The van der Waals surface area contributed by atoms with Crippen LogP contribution in [-0.4, -0.2) is 22.7 Å². The van der Waals surface area contributed by atoms with Gasteiger partial charge in [-0.25, -0.2) is 0 Å². The van der Waals surface area contributed by atoms with Crippen LogP contribution >= 0.6 is 20.2 Å². The van der Waals surface area contributed by atoms with Crippen LogP contribution in [0.15, 0.2) is 0 Å². The SMILES string of the molecule is CC.CC(C)(C)OP(OCCl)OC(C)(C)C.[K+].[OH-]. The Kier molecular flexibility index (Phi) is 22.3. The molecule has 0 aromatic rings. The van der Waals surface area contributed by atoms with Crippen molar-refractivity contribution < 1.29 is 70.4 Å². The van der Waals surface area contributed by atoms with Crippen LogP contribution in [0.3, 0.4) is 0 Å². The van der Waals surface area contributed by atoms with Crippen LogP contribution in [0.25, 0.3) is 0 Å². The van der Waals surface area contributed by atoms with Crippen LogP contribution in [-0.2, 0) is 13.6 Å². The molecule has 18 heavy (non-hydrogen) atoms. The zero-order valence-electron chi connectivity index (χ0n) is 13.2. The van der Waals surface area contributed by atoms with E-state index in [1.807, 2.05) is 55.4 Å². The molecule has 1 N–H and O–H groups in total. The molecule has 0 spiro atoms. The molecule has 0 unspecified atom stereocenters. The third-order valence-corrected chi connectivity index (χ3v) is 2.85. The van der Waals surface area contributed by atoms with Crippen LogP contribution in [0.4, 0.5) is 0 Å².